The average Bonchev–Trinajstić information content (AvgIpc) is 3.17. The number of amides is 1. The van der Waals surface area contributed by atoms with E-state index in [1.165, 1.54) is 0 Å². The largest absolute Gasteiger partial charge is 0.497 e. The minimum atomic E-state index is -0.459. The number of hydrogen-bond acceptors (Lipinski definition) is 7. The maximum atomic E-state index is 12.3. The molecule has 162 valence electrons. The molecule has 1 aliphatic rings. The number of nitrogens with zero attached hydrogens (tertiary/aromatic N) is 2. The smallest absolute Gasteiger partial charge is 0.262 e. The van der Waals surface area contributed by atoms with Gasteiger partial charge in [-0.15, -0.1) is 5.10 Å². The highest BCUT2D eigenvalue weighted by Gasteiger charge is 2.34. The molecular weight excluding hydrogens is 410 g/mol. The normalized spacial score (nSPS) is 14.7. The van der Waals surface area contributed by atoms with Gasteiger partial charge in [-0.3, -0.25) is 9.89 Å². The van der Waals surface area contributed by atoms with Crippen molar-refractivity contribution < 1.29 is 19.0 Å². The molecule has 0 radical (unpaired) electrons. The zero-order valence-electron chi connectivity index (χ0n) is 17.5. The van der Waals surface area contributed by atoms with Crippen LogP contribution >= 0.6 is 0 Å². The van der Waals surface area contributed by atoms with E-state index in [1.807, 2.05) is 13.0 Å². The molecule has 32 heavy (non-hydrogen) atoms. The molecule has 0 spiro atoms. The number of nitriles is 1. The van der Waals surface area contributed by atoms with Crippen molar-refractivity contribution in [1.29, 1.82) is 5.26 Å². The first-order valence-electron chi connectivity index (χ1n) is 9.79. The monoisotopic (exact) mass is 431 g/mol. The minimum Gasteiger partial charge on any atom is -0.497 e. The summed E-state index contributed by atoms with van der Waals surface area (Å²) in [6.07, 6.45) is 0. The Balaban J connectivity index is 1.50. The molecule has 0 bridgehead atoms. The third kappa shape index (κ3) is 4.06. The molecular formula is C23H21N5O4. The summed E-state index contributed by atoms with van der Waals surface area (Å²) >= 11 is 0. The Morgan fingerprint density at radius 3 is 2.78 bits per heavy atom. The van der Waals surface area contributed by atoms with Crippen LogP contribution < -0.4 is 25.3 Å². The number of aromatic nitrogens is 2. The van der Waals surface area contributed by atoms with Crippen molar-refractivity contribution in [2.24, 2.45) is 5.73 Å². The lowest BCUT2D eigenvalue weighted by Gasteiger charge is -2.24. The summed E-state index contributed by atoms with van der Waals surface area (Å²) in [6.45, 7) is 1.67. The second-order valence-electron chi connectivity index (χ2n) is 7.13. The van der Waals surface area contributed by atoms with Crippen LogP contribution in [-0.4, -0.2) is 29.8 Å². The van der Waals surface area contributed by atoms with Gasteiger partial charge in [0.1, 0.15) is 23.1 Å². The fraction of sp³-hybridized carbons (Fsp3) is 0.174. The van der Waals surface area contributed by atoms with Gasteiger partial charge < -0.3 is 25.3 Å². The Labute approximate surface area is 184 Å². The number of nitrogens with two attached hydrogens (primary N) is 1. The molecule has 1 aliphatic heterocycles. The third-order valence-corrected chi connectivity index (χ3v) is 5.06. The van der Waals surface area contributed by atoms with Crippen molar-refractivity contribution in [2.75, 3.05) is 19.0 Å². The number of benzene rings is 2. The highest BCUT2D eigenvalue weighted by Crippen LogP contribution is 2.43. The lowest BCUT2D eigenvalue weighted by atomic mass is 9.84. The van der Waals surface area contributed by atoms with Crippen LogP contribution in [0.2, 0.25) is 0 Å². The van der Waals surface area contributed by atoms with Crippen LogP contribution in [0.15, 0.2) is 60.0 Å². The lowest BCUT2D eigenvalue weighted by molar-refractivity contribution is -0.118. The summed E-state index contributed by atoms with van der Waals surface area (Å²) in [6, 6.07) is 16.3. The highest BCUT2D eigenvalue weighted by molar-refractivity contribution is 5.91. The van der Waals surface area contributed by atoms with Gasteiger partial charge >= 0.3 is 0 Å². The number of aryl methyl sites for hydroxylation is 1. The van der Waals surface area contributed by atoms with Crippen LogP contribution in [0.4, 0.5) is 5.69 Å². The van der Waals surface area contributed by atoms with E-state index in [0.717, 1.165) is 16.8 Å². The first-order chi connectivity index (χ1) is 15.5. The van der Waals surface area contributed by atoms with Crippen LogP contribution in [0.3, 0.4) is 0 Å². The number of carbonyl (C=O) groups excluding carboxylic acids is 1. The van der Waals surface area contributed by atoms with Gasteiger partial charge in [-0.25, -0.2) is 0 Å². The second kappa shape index (κ2) is 8.73. The average molecular weight is 431 g/mol. The van der Waals surface area contributed by atoms with E-state index in [4.69, 9.17) is 19.9 Å². The molecule has 9 heteroatoms. The number of H-pyrrole nitrogens is 1. The van der Waals surface area contributed by atoms with Crippen molar-refractivity contribution >= 4 is 11.6 Å². The molecule has 9 nitrogen and oxygen atoms in total. The number of rotatable bonds is 6. The van der Waals surface area contributed by atoms with E-state index in [0.29, 0.717) is 23.1 Å². The number of nitrogens with one attached hydrogen (secondary N) is 2. The molecule has 0 saturated heterocycles. The van der Waals surface area contributed by atoms with Gasteiger partial charge in [0.25, 0.3) is 5.91 Å². The lowest BCUT2D eigenvalue weighted by Crippen LogP contribution is -2.21. The Bertz CT molecular complexity index is 1220. The van der Waals surface area contributed by atoms with E-state index in [1.54, 1.807) is 49.6 Å². The molecule has 3 aromatic rings. The van der Waals surface area contributed by atoms with Crippen molar-refractivity contribution in [1.82, 2.24) is 10.2 Å². The Morgan fingerprint density at radius 1 is 1.28 bits per heavy atom. The van der Waals surface area contributed by atoms with Crippen LogP contribution in [0, 0.1) is 18.3 Å². The zero-order chi connectivity index (χ0) is 22.7. The molecule has 4 N–H and O–H groups in total. The number of fused-ring (bicyclic) bond motifs is 1. The van der Waals surface area contributed by atoms with E-state index >= 15 is 0 Å². The number of anilines is 1. The molecule has 0 saturated carbocycles. The first kappa shape index (κ1) is 20.8. The quantitative estimate of drug-likeness (QED) is 0.546. The van der Waals surface area contributed by atoms with Gasteiger partial charge in [-0.2, -0.15) is 5.26 Å². The first-order valence-corrected chi connectivity index (χ1v) is 9.79. The Hall–Kier alpha value is -4.45. The number of carbonyl (C=O) groups is 1. The molecule has 0 fully saturated rings. The second-order valence-corrected chi connectivity index (χ2v) is 7.13. The summed E-state index contributed by atoms with van der Waals surface area (Å²) in [7, 11) is 1.58. The third-order valence-electron chi connectivity index (χ3n) is 5.06. The highest BCUT2D eigenvalue weighted by atomic mass is 16.5. The molecule has 1 amide bonds. The van der Waals surface area contributed by atoms with E-state index < -0.39 is 5.92 Å². The number of aromatic amines is 1. The number of hydrogen-bond donors (Lipinski definition) is 3. The SMILES string of the molecule is COc1ccc(NC(=O)COc2cccc(C3C(C#N)=C(N)Oc4n[nH]c(C)c43)c2)cc1. The maximum Gasteiger partial charge on any atom is 0.262 e. The Morgan fingerprint density at radius 2 is 2.06 bits per heavy atom. The summed E-state index contributed by atoms with van der Waals surface area (Å²) in [5.41, 5.74) is 9.17. The van der Waals surface area contributed by atoms with Gasteiger partial charge in [0, 0.05) is 16.9 Å². The predicted molar refractivity (Wildman–Crippen MR) is 116 cm³/mol. The molecule has 1 unspecified atom stereocenters. The molecule has 1 aromatic heterocycles. The number of allylic oxidation sites excluding steroid dienone is 1. The summed E-state index contributed by atoms with van der Waals surface area (Å²) in [5.74, 6) is 0.778. The standard InChI is InChI=1S/C23H21N5O4/c1-13-20-21(18(11-24)22(25)32-23(20)28-27-13)14-4-3-5-17(10-14)31-12-19(29)26-15-6-8-16(30-2)9-7-15/h3-10,21H,12,25H2,1-2H3,(H,26,29)(H,27,28). The fourth-order valence-electron chi connectivity index (χ4n) is 3.54. The summed E-state index contributed by atoms with van der Waals surface area (Å²) in [4.78, 5) is 12.3. The van der Waals surface area contributed by atoms with Crippen LogP contribution in [-0.2, 0) is 4.79 Å². The van der Waals surface area contributed by atoms with Gasteiger partial charge in [0.05, 0.1) is 13.0 Å². The van der Waals surface area contributed by atoms with Gasteiger partial charge in [0.2, 0.25) is 11.8 Å². The molecule has 0 aliphatic carbocycles. The van der Waals surface area contributed by atoms with Gasteiger partial charge in [0.15, 0.2) is 6.61 Å². The van der Waals surface area contributed by atoms with Crippen molar-refractivity contribution in [3.05, 3.63) is 76.8 Å². The summed E-state index contributed by atoms with van der Waals surface area (Å²) < 4.78 is 16.3. The zero-order valence-corrected chi connectivity index (χ0v) is 17.5. The van der Waals surface area contributed by atoms with E-state index in [-0.39, 0.29) is 24.0 Å². The van der Waals surface area contributed by atoms with Gasteiger partial charge in [-0.05, 0) is 48.9 Å². The maximum absolute atomic E-state index is 12.3. The van der Waals surface area contributed by atoms with E-state index in [2.05, 4.69) is 21.6 Å². The predicted octanol–water partition coefficient (Wildman–Crippen LogP) is 2.96. The van der Waals surface area contributed by atoms with Crippen LogP contribution in [0.5, 0.6) is 17.4 Å². The molecule has 1 atom stereocenters. The molecule has 2 heterocycles. The fourth-order valence-corrected chi connectivity index (χ4v) is 3.54. The number of methoxy groups -OCH3 is 1. The molecule has 2 aromatic carbocycles. The summed E-state index contributed by atoms with van der Waals surface area (Å²) in [5, 5.41) is 19.4. The number of ether oxygens (including phenoxy) is 3. The topological polar surface area (TPSA) is 135 Å². The van der Waals surface area contributed by atoms with Crippen LogP contribution in [0.25, 0.3) is 0 Å². The van der Waals surface area contributed by atoms with Gasteiger partial charge in [-0.1, -0.05) is 12.1 Å². The Kier molecular flexibility index (Phi) is 5.68. The van der Waals surface area contributed by atoms with Crippen molar-refractivity contribution in [3.63, 3.8) is 0 Å². The van der Waals surface area contributed by atoms with Crippen molar-refractivity contribution in [3.8, 4) is 23.4 Å². The van der Waals surface area contributed by atoms with Crippen LogP contribution in [0.1, 0.15) is 22.7 Å². The van der Waals surface area contributed by atoms with E-state index in [9.17, 15) is 10.1 Å². The minimum absolute atomic E-state index is 0.0155. The molecule has 4 rings (SSSR count). The van der Waals surface area contributed by atoms with Crippen molar-refractivity contribution in [2.45, 2.75) is 12.8 Å².